The zero-order valence-corrected chi connectivity index (χ0v) is 17.5. The summed E-state index contributed by atoms with van der Waals surface area (Å²) in [6.07, 6.45) is 14.8. The van der Waals surface area contributed by atoms with E-state index in [0.29, 0.717) is 3.43 Å². The fourth-order valence-corrected chi connectivity index (χ4v) is 10.8. The molecule has 3 heteroatoms. The minimum absolute atomic E-state index is 0.562. The summed E-state index contributed by atoms with van der Waals surface area (Å²) in [6.45, 7) is 9.21. The van der Waals surface area contributed by atoms with Crippen molar-refractivity contribution in [2.24, 2.45) is 0 Å². The molecule has 0 aliphatic heterocycles. The number of rotatable bonds is 11. The number of hydrogen-bond acceptors (Lipinski definition) is 2. The Labute approximate surface area is 140 Å². The molecular weight excluding hydrogens is 369 g/mol. The fourth-order valence-electron chi connectivity index (χ4n) is 2.75. The summed E-state index contributed by atoms with van der Waals surface area (Å²) in [7, 11) is 0. The van der Waals surface area contributed by atoms with Crippen molar-refractivity contribution in [2.45, 2.75) is 88.9 Å². The van der Waals surface area contributed by atoms with Crippen LogP contribution in [0.15, 0.2) is 6.20 Å². The van der Waals surface area contributed by atoms with Gasteiger partial charge in [-0.1, -0.05) is 0 Å². The second-order valence-electron chi connectivity index (χ2n) is 5.99. The van der Waals surface area contributed by atoms with E-state index in [0.717, 1.165) is 0 Å². The topological polar surface area (TPSA) is 12.9 Å². The average Bonchev–Trinajstić information content (AvgIpc) is 2.85. The number of thiazole rings is 1. The molecule has 1 heterocycles. The molecule has 0 N–H and O–H groups in total. The van der Waals surface area contributed by atoms with Gasteiger partial charge in [0.15, 0.2) is 0 Å². The molecule has 1 rings (SSSR count). The maximum atomic E-state index is 4.72. The molecule has 20 heavy (non-hydrogen) atoms. The number of aromatic nitrogens is 1. The van der Waals surface area contributed by atoms with Crippen LogP contribution in [0, 0.1) is 6.92 Å². The van der Waals surface area contributed by atoms with Gasteiger partial charge in [-0.15, -0.1) is 0 Å². The Kier molecular flexibility index (Phi) is 9.43. The van der Waals surface area contributed by atoms with Gasteiger partial charge in [-0.25, -0.2) is 0 Å². The molecule has 0 saturated carbocycles. The molecule has 0 aromatic carbocycles. The van der Waals surface area contributed by atoms with Crippen LogP contribution in [-0.4, -0.2) is 26.1 Å². The molecule has 0 amide bonds. The summed E-state index contributed by atoms with van der Waals surface area (Å²) in [4.78, 5) is 6.12. The van der Waals surface area contributed by atoms with Crippen LogP contribution in [0.3, 0.4) is 0 Å². The van der Waals surface area contributed by atoms with Crippen LogP contribution in [-0.2, 0) is 0 Å². The van der Waals surface area contributed by atoms with Crippen molar-refractivity contribution >= 4 is 35.5 Å². The standard InChI is InChI=1S/C13H27.C4H4NS.Sn/c1-4-7-10-13(11-8-5-2)12-9-6-3;1-4-2-5-3-6-4;/h4-12H2,1-3H3;2H,1H3;. The Hall–Kier alpha value is 0.429. The first kappa shape index (κ1) is 18.5. The summed E-state index contributed by atoms with van der Waals surface area (Å²) in [5.74, 6) is 0. The zero-order valence-electron chi connectivity index (χ0n) is 13.8. The van der Waals surface area contributed by atoms with Gasteiger partial charge in [0.2, 0.25) is 0 Å². The molecule has 0 atom stereocenters. The van der Waals surface area contributed by atoms with Gasteiger partial charge in [-0.05, 0) is 0 Å². The van der Waals surface area contributed by atoms with E-state index in [2.05, 4.69) is 33.9 Å². The fraction of sp³-hybridized carbons (Fsp3) is 0.824. The third kappa shape index (κ3) is 6.46. The summed E-state index contributed by atoms with van der Waals surface area (Å²) in [6, 6.07) is 0. The SMILES string of the molecule is CCCC[C](CCCC)(CCCC)[Sn][c]1ncc(C)s1. The summed E-state index contributed by atoms with van der Waals surface area (Å²) in [5, 5.41) is 0. The Morgan fingerprint density at radius 2 is 1.50 bits per heavy atom. The predicted octanol–water partition coefficient (Wildman–Crippen LogP) is 5.51. The van der Waals surface area contributed by atoms with Gasteiger partial charge in [-0.3, -0.25) is 0 Å². The van der Waals surface area contributed by atoms with Crippen LogP contribution in [0.4, 0.5) is 0 Å². The number of aryl methyl sites for hydroxylation is 1. The summed E-state index contributed by atoms with van der Waals surface area (Å²) < 4.78 is 2.23. The molecule has 0 aliphatic carbocycles. The third-order valence-corrected chi connectivity index (χ3v) is 10.9. The summed E-state index contributed by atoms with van der Waals surface area (Å²) >= 11 is 1.42. The predicted molar refractivity (Wildman–Crippen MR) is 93.5 cm³/mol. The van der Waals surface area contributed by atoms with Crippen molar-refractivity contribution in [3.63, 3.8) is 0 Å². The van der Waals surface area contributed by atoms with E-state index >= 15 is 0 Å². The van der Waals surface area contributed by atoms with Crippen molar-refractivity contribution < 1.29 is 0 Å². The van der Waals surface area contributed by atoms with Gasteiger partial charge >= 0.3 is 140 Å². The molecule has 0 fully saturated rings. The Balaban J connectivity index is 2.80. The molecule has 1 aromatic rings. The Morgan fingerprint density at radius 3 is 1.85 bits per heavy atom. The number of nitrogens with zero attached hydrogens (tertiary/aromatic N) is 1. The monoisotopic (exact) mass is 401 g/mol. The minimum atomic E-state index is -0.562. The molecule has 2 radical (unpaired) electrons. The number of unbranched alkanes of at least 4 members (excludes halogenated alkanes) is 3. The van der Waals surface area contributed by atoms with E-state index in [1.165, 1.54) is 65.7 Å². The van der Waals surface area contributed by atoms with Crippen molar-refractivity contribution in [3.8, 4) is 0 Å². The van der Waals surface area contributed by atoms with E-state index in [-0.39, 0.29) is 0 Å². The first-order valence-corrected chi connectivity index (χ1v) is 12.0. The quantitative estimate of drug-likeness (QED) is 0.447. The molecule has 0 unspecified atom stereocenters. The van der Waals surface area contributed by atoms with Gasteiger partial charge in [-0.2, -0.15) is 0 Å². The van der Waals surface area contributed by atoms with Crippen molar-refractivity contribution in [1.29, 1.82) is 0 Å². The van der Waals surface area contributed by atoms with Gasteiger partial charge in [0.1, 0.15) is 0 Å². The van der Waals surface area contributed by atoms with Crippen LogP contribution >= 0.6 is 11.3 Å². The van der Waals surface area contributed by atoms with E-state index < -0.39 is 21.1 Å². The average molecular weight is 400 g/mol. The molecule has 0 bridgehead atoms. The molecule has 0 saturated heterocycles. The van der Waals surface area contributed by atoms with Gasteiger partial charge in [0.05, 0.1) is 0 Å². The molecule has 0 aliphatic rings. The second kappa shape index (κ2) is 10.2. The normalized spacial score (nSPS) is 12.0. The van der Waals surface area contributed by atoms with Crippen molar-refractivity contribution in [1.82, 2.24) is 4.98 Å². The molecule has 0 spiro atoms. The Morgan fingerprint density at radius 1 is 1.00 bits per heavy atom. The van der Waals surface area contributed by atoms with Gasteiger partial charge in [0, 0.05) is 0 Å². The van der Waals surface area contributed by atoms with Crippen LogP contribution in [0.1, 0.15) is 83.4 Å². The van der Waals surface area contributed by atoms with E-state index in [9.17, 15) is 0 Å². The van der Waals surface area contributed by atoms with E-state index in [1.807, 2.05) is 11.3 Å². The molecule has 1 aromatic heterocycles. The second-order valence-corrected chi connectivity index (χ2v) is 13.4. The van der Waals surface area contributed by atoms with Crippen LogP contribution in [0.25, 0.3) is 0 Å². The molecular formula is C17H31NSSn. The first-order chi connectivity index (χ1) is 9.65. The summed E-state index contributed by atoms with van der Waals surface area (Å²) in [5.41, 5.74) is 0. The zero-order chi connectivity index (χ0) is 14.8. The van der Waals surface area contributed by atoms with Crippen molar-refractivity contribution in [3.05, 3.63) is 11.1 Å². The van der Waals surface area contributed by atoms with Crippen molar-refractivity contribution in [2.75, 3.05) is 0 Å². The first-order valence-electron chi connectivity index (χ1n) is 8.36. The van der Waals surface area contributed by atoms with Crippen LogP contribution in [0.5, 0.6) is 0 Å². The molecule has 114 valence electrons. The maximum absolute atomic E-state index is 4.72. The molecule has 1 nitrogen and oxygen atoms in total. The third-order valence-electron chi connectivity index (χ3n) is 4.02. The van der Waals surface area contributed by atoms with Gasteiger partial charge < -0.3 is 0 Å². The Bertz CT molecular complexity index is 340. The van der Waals surface area contributed by atoms with E-state index in [1.54, 1.807) is 0 Å². The van der Waals surface area contributed by atoms with Gasteiger partial charge in [0.25, 0.3) is 0 Å². The number of hydrogen-bond donors (Lipinski definition) is 0. The van der Waals surface area contributed by atoms with E-state index in [4.69, 9.17) is 4.98 Å². The van der Waals surface area contributed by atoms with Crippen LogP contribution in [0.2, 0.25) is 3.43 Å². The van der Waals surface area contributed by atoms with Crippen LogP contribution < -0.4 is 3.02 Å².